The molecule has 1 aromatic rings. The van der Waals surface area contributed by atoms with Crippen LogP contribution in [0.15, 0.2) is 30.3 Å². The van der Waals surface area contributed by atoms with Gasteiger partial charge in [0, 0.05) is 39.1 Å². The second-order valence-electron chi connectivity index (χ2n) is 6.37. The van der Waals surface area contributed by atoms with Gasteiger partial charge in [-0.05, 0) is 24.3 Å². The van der Waals surface area contributed by atoms with Crippen molar-refractivity contribution in [1.82, 2.24) is 10.2 Å². The number of amides is 2. The van der Waals surface area contributed by atoms with Crippen LogP contribution in [0.25, 0.3) is 0 Å². The predicted octanol–water partition coefficient (Wildman–Crippen LogP) is 1.37. The van der Waals surface area contributed by atoms with Crippen LogP contribution in [0, 0.1) is 5.92 Å². The van der Waals surface area contributed by atoms with Gasteiger partial charge >= 0.3 is 0 Å². The molecule has 0 aromatic heterocycles. The number of nitrogens with zero attached hydrogens (tertiary/aromatic N) is 1. The summed E-state index contributed by atoms with van der Waals surface area (Å²) in [5.41, 5.74) is 1.08. The highest BCUT2D eigenvalue weighted by atomic mass is 16.5. The van der Waals surface area contributed by atoms with Crippen molar-refractivity contribution in [3.63, 3.8) is 0 Å². The molecule has 23 heavy (non-hydrogen) atoms. The van der Waals surface area contributed by atoms with E-state index < -0.39 is 6.04 Å². The molecule has 5 nitrogen and oxygen atoms in total. The Morgan fingerprint density at radius 1 is 1.30 bits per heavy atom. The summed E-state index contributed by atoms with van der Waals surface area (Å²) in [6.07, 6.45) is 2.80. The third-order valence-corrected chi connectivity index (χ3v) is 4.63. The summed E-state index contributed by atoms with van der Waals surface area (Å²) in [6, 6.07) is 9.49. The summed E-state index contributed by atoms with van der Waals surface area (Å²) in [5.74, 6) is 0.340. The van der Waals surface area contributed by atoms with Crippen LogP contribution in [-0.2, 0) is 20.7 Å². The first kappa shape index (κ1) is 16.0. The topological polar surface area (TPSA) is 58.6 Å². The lowest BCUT2D eigenvalue weighted by molar-refractivity contribution is -0.140. The van der Waals surface area contributed by atoms with E-state index in [1.807, 2.05) is 30.3 Å². The van der Waals surface area contributed by atoms with Crippen molar-refractivity contribution in [3.8, 4) is 0 Å². The molecule has 2 heterocycles. The molecule has 1 N–H and O–H groups in total. The van der Waals surface area contributed by atoms with Gasteiger partial charge in [-0.15, -0.1) is 0 Å². The van der Waals surface area contributed by atoms with Gasteiger partial charge in [0.1, 0.15) is 6.04 Å². The van der Waals surface area contributed by atoms with E-state index in [9.17, 15) is 9.59 Å². The van der Waals surface area contributed by atoms with Crippen LogP contribution in [0.3, 0.4) is 0 Å². The van der Waals surface area contributed by atoms with Crippen LogP contribution in [0.1, 0.15) is 24.8 Å². The maximum Gasteiger partial charge on any atom is 0.243 e. The zero-order chi connectivity index (χ0) is 16.1. The summed E-state index contributed by atoms with van der Waals surface area (Å²) in [5, 5.41) is 2.94. The summed E-state index contributed by atoms with van der Waals surface area (Å²) in [4.78, 5) is 27.0. The Morgan fingerprint density at radius 2 is 2.13 bits per heavy atom. The largest absolute Gasteiger partial charge is 0.381 e. The summed E-state index contributed by atoms with van der Waals surface area (Å²) < 4.78 is 5.36. The molecule has 2 aliphatic rings. The number of nitrogens with one attached hydrogen (secondary N) is 1. The standard InChI is InChI=1S/C18H24N2O3/c21-17(12-15-7-10-23-13-15)20-9-4-8-19-18(22)16(20)11-14-5-2-1-3-6-14/h1-3,5-6,15-16H,4,7-13H2,(H,19,22)/t15-,16?/m1/s1. The lowest BCUT2D eigenvalue weighted by Gasteiger charge is -2.29. The van der Waals surface area contributed by atoms with Gasteiger partial charge in [0.15, 0.2) is 0 Å². The molecular weight excluding hydrogens is 292 g/mol. The predicted molar refractivity (Wildman–Crippen MR) is 86.8 cm³/mol. The molecule has 2 aliphatic heterocycles. The SMILES string of the molecule is O=C1NCCCN(C(=O)C[C@H]2CCOC2)C1Cc1ccccc1. The van der Waals surface area contributed by atoms with Crippen molar-refractivity contribution in [2.24, 2.45) is 5.92 Å². The van der Waals surface area contributed by atoms with Gasteiger partial charge in [-0.1, -0.05) is 30.3 Å². The highest BCUT2D eigenvalue weighted by Gasteiger charge is 2.33. The van der Waals surface area contributed by atoms with Gasteiger partial charge in [-0.2, -0.15) is 0 Å². The van der Waals surface area contributed by atoms with Crippen LogP contribution in [0.2, 0.25) is 0 Å². The summed E-state index contributed by atoms with van der Waals surface area (Å²) >= 11 is 0. The Hall–Kier alpha value is -1.88. The number of carbonyl (C=O) groups is 2. The molecule has 0 spiro atoms. The molecule has 2 amide bonds. The van der Waals surface area contributed by atoms with Gasteiger partial charge in [-0.25, -0.2) is 0 Å². The lowest BCUT2D eigenvalue weighted by Crippen LogP contribution is -2.48. The zero-order valence-corrected chi connectivity index (χ0v) is 13.4. The van der Waals surface area contributed by atoms with E-state index in [0.717, 1.165) is 25.0 Å². The summed E-state index contributed by atoms with van der Waals surface area (Å²) in [7, 11) is 0. The molecule has 2 atom stereocenters. The number of carbonyl (C=O) groups excluding carboxylic acids is 2. The minimum Gasteiger partial charge on any atom is -0.381 e. The van der Waals surface area contributed by atoms with Crippen LogP contribution in [-0.4, -0.2) is 49.1 Å². The second-order valence-corrected chi connectivity index (χ2v) is 6.37. The zero-order valence-electron chi connectivity index (χ0n) is 13.4. The third kappa shape index (κ3) is 4.10. The minimum atomic E-state index is -0.408. The molecule has 0 saturated carbocycles. The molecule has 5 heteroatoms. The molecule has 1 unspecified atom stereocenters. The van der Waals surface area contributed by atoms with Crippen molar-refractivity contribution in [1.29, 1.82) is 0 Å². The van der Waals surface area contributed by atoms with Crippen LogP contribution in [0.5, 0.6) is 0 Å². The second kappa shape index (κ2) is 7.59. The van der Waals surface area contributed by atoms with Crippen LogP contribution >= 0.6 is 0 Å². The number of hydrogen-bond acceptors (Lipinski definition) is 3. The molecule has 3 rings (SSSR count). The molecule has 124 valence electrons. The highest BCUT2D eigenvalue weighted by molar-refractivity contribution is 5.88. The first-order valence-corrected chi connectivity index (χ1v) is 8.43. The molecule has 0 bridgehead atoms. The Balaban J connectivity index is 1.73. The lowest BCUT2D eigenvalue weighted by atomic mass is 10.0. The fourth-order valence-electron chi connectivity index (χ4n) is 3.32. The van der Waals surface area contributed by atoms with Gasteiger partial charge in [0.25, 0.3) is 0 Å². The first-order chi connectivity index (χ1) is 11.2. The first-order valence-electron chi connectivity index (χ1n) is 8.43. The van der Waals surface area contributed by atoms with E-state index in [1.54, 1.807) is 4.90 Å². The Morgan fingerprint density at radius 3 is 2.87 bits per heavy atom. The van der Waals surface area contributed by atoms with E-state index in [4.69, 9.17) is 4.74 Å². The van der Waals surface area contributed by atoms with Crippen molar-refractivity contribution in [2.75, 3.05) is 26.3 Å². The van der Waals surface area contributed by atoms with E-state index in [2.05, 4.69) is 5.32 Å². The average Bonchev–Trinajstić information content (AvgIpc) is 3.00. The minimum absolute atomic E-state index is 0.0395. The van der Waals surface area contributed by atoms with Gasteiger partial charge < -0.3 is 15.0 Å². The summed E-state index contributed by atoms with van der Waals surface area (Å²) in [6.45, 7) is 2.68. The number of hydrogen-bond donors (Lipinski definition) is 1. The monoisotopic (exact) mass is 316 g/mol. The molecule has 1 aromatic carbocycles. The van der Waals surface area contributed by atoms with Crippen LogP contribution in [0.4, 0.5) is 0 Å². The molecule has 0 aliphatic carbocycles. The average molecular weight is 316 g/mol. The van der Waals surface area contributed by atoms with Crippen molar-refractivity contribution in [3.05, 3.63) is 35.9 Å². The fraction of sp³-hybridized carbons (Fsp3) is 0.556. The smallest absolute Gasteiger partial charge is 0.243 e. The third-order valence-electron chi connectivity index (χ3n) is 4.63. The molecule has 2 saturated heterocycles. The van der Waals surface area contributed by atoms with Gasteiger partial charge in [0.2, 0.25) is 11.8 Å². The van der Waals surface area contributed by atoms with Gasteiger partial charge in [-0.3, -0.25) is 9.59 Å². The van der Waals surface area contributed by atoms with E-state index >= 15 is 0 Å². The van der Waals surface area contributed by atoms with E-state index in [-0.39, 0.29) is 11.8 Å². The van der Waals surface area contributed by atoms with Crippen molar-refractivity contribution >= 4 is 11.8 Å². The number of rotatable bonds is 4. The maximum atomic E-state index is 12.7. The van der Waals surface area contributed by atoms with E-state index in [1.165, 1.54) is 0 Å². The fourth-order valence-corrected chi connectivity index (χ4v) is 3.32. The molecule has 0 radical (unpaired) electrons. The number of benzene rings is 1. The van der Waals surface area contributed by atoms with E-state index in [0.29, 0.717) is 38.5 Å². The highest BCUT2D eigenvalue weighted by Crippen LogP contribution is 2.20. The maximum absolute atomic E-state index is 12.7. The molecular formula is C18H24N2O3. The quantitative estimate of drug-likeness (QED) is 0.913. The number of ether oxygens (including phenoxy) is 1. The Labute approximate surface area is 137 Å². The van der Waals surface area contributed by atoms with Crippen molar-refractivity contribution < 1.29 is 14.3 Å². The normalized spacial score (nSPS) is 25.0. The van der Waals surface area contributed by atoms with Crippen LogP contribution < -0.4 is 5.32 Å². The Bertz CT molecular complexity index is 540. The van der Waals surface area contributed by atoms with Gasteiger partial charge in [0.05, 0.1) is 0 Å². The van der Waals surface area contributed by atoms with Crippen molar-refractivity contribution in [2.45, 2.75) is 31.7 Å². The molecule has 2 fully saturated rings. The Kier molecular flexibility index (Phi) is 5.28.